The number of carboxylic acids is 1. The Hall–Kier alpha value is -0.750. The fourth-order valence-electron chi connectivity index (χ4n) is 0.647. The van der Waals surface area contributed by atoms with Crippen LogP contribution in [0.1, 0.15) is 5.56 Å². The first kappa shape index (κ1) is 11.2. The molecular formula is C9H7NaO2. The van der Waals surface area contributed by atoms with Gasteiger partial charge in [0.05, 0.1) is 0 Å². The fourth-order valence-corrected chi connectivity index (χ4v) is 0.647. The Balaban J connectivity index is 0.00000121. The van der Waals surface area contributed by atoms with E-state index in [-0.39, 0.29) is 29.6 Å². The number of carbonyl (C=O) groups is 1. The van der Waals surface area contributed by atoms with Crippen LogP contribution in [0, 0.1) is 11.8 Å². The van der Waals surface area contributed by atoms with Crippen molar-refractivity contribution >= 4 is 35.5 Å². The Labute approximate surface area is 92.9 Å². The summed E-state index contributed by atoms with van der Waals surface area (Å²) in [5.41, 5.74) is 0.718. The van der Waals surface area contributed by atoms with E-state index in [0.29, 0.717) is 0 Å². The van der Waals surface area contributed by atoms with Crippen LogP contribution in [0.25, 0.3) is 0 Å². The van der Waals surface area contributed by atoms with E-state index in [1.807, 2.05) is 24.1 Å². The third kappa shape index (κ3) is 4.20. The first-order chi connectivity index (χ1) is 5.29. The van der Waals surface area contributed by atoms with Gasteiger partial charge >= 0.3 is 35.5 Å². The Morgan fingerprint density at radius 1 is 1.25 bits per heavy atom. The summed E-state index contributed by atoms with van der Waals surface area (Å²) in [4.78, 5) is 10.00. The van der Waals surface area contributed by atoms with Crippen molar-refractivity contribution < 1.29 is 9.90 Å². The monoisotopic (exact) mass is 170 g/mol. The van der Waals surface area contributed by atoms with Crippen LogP contribution in [-0.4, -0.2) is 40.6 Å². The van der Waals surface area contributed by atoms with Crippen LogP contribution in [-0.2, 0) is 4.79 Å². The second kappa shape index (κ2) is 5.84. The van der Waals surface area contributed by atoms with Gasteiger partial charge in [0.15, 0.2) is 0 Å². The third-order valence-corrected chi connectivity index (χ3v) is 1.09. The van der Waals surface area contributed by atoms with E-state index in [1.54, 1.807) is 12.1 Å². The molecule has 1 rings (SSSR count). The topological polar surface area (TPSA) is 37.3 Å². The van der Waals surface area contributed by atoms with E-state index < -0.39 is 5.97 Å². The Morgan fingerprint density at radius 3 is 2.33 bits per heavy atom. The molecule has 0 bridgehead atoms. The van der Waals surface area contributed by atoms with Gasteiger partial charge in [-0.1, -0.05) is 24.1 Å². The Morgan fingerprint density at radius 2 is 1.83 bits per heavy atom. The van der Waals surface area contributed by atoms with Crippen molar-refractivity contribution in [1.82, 2.24) is 0 Å². The molecule has 2 nitrogen and oxygen atoms in total. The first-order valence-electron chi connectivity index (χ1n) is 3.09. The predicted octanol–water partition coefficient (Wildman–Crippen LogP) is 0.474. The number of benzene rings is 1. The molecule has 1 N–H and O–H groups in total. The van der Waals surface area contributed by atoms with Gasteiger partial charge in [0.25, 0.3) is 0 Å². The van der Waals surface area contributed by atoms with Crippen molar-refractivity contribution in [2.24, 2.45) is 0 Å². The summed E-state index contributed by atoms with van der Waals surface area (Å²) >= 11 is 0. The van der Waals surface area contributed by atoms with Crippen LogP contribution in [0.15, 0.2) is 30.3 Å². The summed E-state index contributed by atoms with van der Waals surface area (Å²) in [6.45, 7) is 0. The van der Waals surface area contributed by atoms with E-state index >= 15 is 0 Å². The van der Waals surface area contributed by atoms with Gasteiger partial charge < -0.3 is 5.11 Å². The van der Waals surface area contributed by atoms with E-state index in [4.69, 9.17) is 5.11 Å². The van der Waals surface area contributed by atoms with Gasteiger partial charge in [0.1, 0.15) is 0 Å². The summed E-state index contributed by atoms with van der Waals surface area (Å²) in [6, 6.07) is 9.00. The van der Waals surface area contributed by atoms with E-state index in [2.05, 4.69) is 5.92 Å². The van der Waals surface area contributed by atoms with Crippen molar-refractivity contribution in [3.8, 4) is 11.8 Å². The zero-order valence-electron chi connectivity index (χ0n) is 5.74. The van der Waals surface area contributed by atoms with Crippen LogP contribution < -0.4 is 0 Å². The average Bonchev–Trinajstić information content (AvgIpc) is 2.03. The maximum atomic E-state index is 10.00. The third-order valence-electron chi connectivity index (χ3n) is 1.09. The maximum absolute atomic E-state index is 10.00. The van der Waals surface area contributed by atoms with Gasteiger partial charge in [-0.15, -0.1) is 0 Å². The number of hydrogen-bond acceptors (Lipinski definition) is 1. The zero-order chi connectivity index (χ0) is 8.10. The number of carboxylic acid groups (broad SMARTS) is 1. The summed E-state index contributed by atoms with van der Waals surface area (Å²) in [7, 11) is 0. The normalized spacial score (nSPS) is 7.33. The predicted molar refractivity (Wildman–Crippen MR) is 48.1 cm³/mol. The van der Waals surface area contributed by atoms with Gasteiger partial charge in [-0.05, 0) is 12.1 Å². The molecule has 1 aromatic carbocycles. The quantitative estimate of drug-likeness (QED) is 0.454. The van der Waals surface area contributed by atoms with Crippen LogP contribution in [0.4, 0.5) is 0 Å². The molecule has 0 saturated carbocycles. The van der Waals surface area contributed by atoms with Crippen LogP contribution >= 0.6 is 0 Å². The minimum atomic E-state index is -1.10. The first-order valence-corrected chi connectivity index (χ1v) is 3.09. The number of rotatable bonds is 0. The molecule has 0 radical (unpaired) electrons. The van der Waals surface area contributed by atoms with Gasteiger partial charge in [-0.2, -0.15) is 0 Å². The van der Waals surface area contributed by atoms with Crippen molar-refractivity contribution in [3.05, 3.63) is 35.9 Å². The van der Waals surface area contributed by atoms with Crippen LogP contribution in [0.3, 0.4) is 0 Å². The van der Waals surface area contributed by atoms with Crippen molar-refractivity contribution in [2.75, 3.05) is 0 Å². The number of hydrogen-bond donors (Lipinski definition) is 1. The fraction of sp³-hybridized carbons (Fsp3) is 0. The van der Waals surface area contributed by atoms with Crippen molar-refractivity contribution in [3.63, 3.8) is 0 Å². The molecule has 0 aliphatic carbocycles. The molecule has 0 heterocycles. The molecule has 56 valence electrons. The molecule has 0 atom stereocenters. The molecule has 0 unspecified atom stereocenters. The Kier molecular flexibility index (Phi) is 5.48. The molecule has 12 heavy (non-hydrogen) atoms. The molecule has 0 aromatic heterocycles. The van der Waals surface area contributed by atoms with Crippen LogP contribution in [0.5, 0.6) is 0 Å². The minimum absolute atomic E-state index is 0. The van der Waals surface area contributed by atoms with Crippen molar-refractivity contribution in [1.29, 1.82) is 0 Å². The molecule has 0 aliphatic heterocycles. The van der Waals surface area contributed by atoms with Gasteiger partial charge in [0, 0.05) is 11.5 Å². The SMILES string of the molecule is O=C(O)C#Cc1ccccc1.[NaH]. The number of aliphatic carboxylic acids is 1. The zero-order valence-corrected chi connectivity index (χ0v) is 5.74. The molecular weight excluding hydrogens is 163 g/mol. The summed E-state index contributed by atoms with van der Waals surface area (Å²) < 4.78 is 0. The second-order valence-electron chi connectivity index (χ2n) is 1.92. The van der Waals surface area contributed by atoms with E-state index in [1.165, 1.54) is 0 Å². The van der Waals surface area contributed by atoms with Gasteiger partial charge in [-0.25, -0.2) is 4.79 Å². The molecule has 0 aliphatic rings. The average molecular weight is 170 g/mol. The molecule has 0 fully saturated rings. The van der Waals surface area contributed by atoms with E-state index in [0.717, 1.165) is 5.56 Å². The van der Waals surface area contributed by atoms with E-state index in [9.17, 15) is 4.79 Å². The van der Waals surface area contributed by atoms with Crippen LogP contribution in [0.2, 0.25) is 0 Å². The van der Waals surface area contributed by atoms with Gasteiger partial charge in [0.2, 0.25) is 0 Å². The molecule has 0 spiro atoms. The summed E-state index contributed by atoms with van der Waals surface area (Å²) in [5, 5.41) is 8.20. The van der Waals surface area contributed by atoms with Gasteiger partial charge in [-0.3, -0.25) is 0 Å². The Bertz CT molecular complexity index is 308. The molecule has 3 heteroatoms. The standard InChI is InChI=1S/C9H6O2.Na.H/c10-9(11)7-6-8-4-2-1-3-5-8;;/h1-5H,(H,10,11);;. The molecule has 1 aromatic rings. The summed E-state index contributed by atoms with van der Waals surface area (Å²) in [6.07, 6.45) is 0. The molecule has 0 saturated heterocycles. The summed E-state index contributed by atoms with van der Waals surface area (Å²) in [5.74, 6) is 3.42. The molecule has 0 amide bonds. The second-order valence-corrected chi connectivity index (χ2v) is 1.92. The van der Waals surface area contributed by atoms with Crippen molar-refractivity contribution in [2.45, 2.75) is 0 Å².